The topological polar surface area (TPSA) is 74.5 Å². The number of amides is 1. The quantitative estimate of drug-likeness (QED) is 0.708. The minimum absolute atomic E-state index is 0.0318. The molecule has 1 spiro atoms. The first-order chi connectivity index (χ1) is 14.2. The van der Waals surface area contributed by atoms with Gasteiger partial charge < -0.3 is 20.9 Å². The van der Waals surface area contributed by atoms with Crippen LogP contribution in [0.4, 0.5) is 11.5 Å². The number of pyridine rings is 1. The second-order valence-corrected chi connectivity index (χ2v) is 8.33. The summed E-state index contributed by atoms with van der Waals surface area (Å²) in [5.74, 6) is 0.880. The van der Waals surface area contributed by atoms with Crippen LogP contribution in [0.1, 0.15) is 36.0 Å². The second-order valence-electron chi connectivity index (χ2n) is 8.33. The predicted octanol–water partition coefficient (Wildman–Crippen LogP) is 2.66. The Kier molecular flexibility index (Phi) is 6.00. The molecule has 0 saturated carbocycles. The van der Waals surface area contributed by atoms with Crippen LogP contribution in [0.3, 0.4) is 0 Å². The summed E-state index contributed by atoms with van der Waals surface area (Å²) in [7, 11) is 0. The average molecular weight is 394 g/mol. The van der Waals surface area contributed by atoms with Crippen molar-refractivity contribution in [2.45, 2.75) is 25.7 Å². The van der Waals surface area contributed by atoms with E-state index in [-0.39, 0.29) is 5.91 Å². The number of rotatable bonds is 7. The molecule has 1 aromatic heterocycles. The van der Waals surface area contributed by atoms with Crippen molar-refractivity contribution in [2.24, 2.45) is 11.1 Å². The van der Waals surface area contributed by atoms with Gasteiger partial charge in [-0.25, -0.2) is 4.98 Å². The van der Waals surface area contributed by atoms with Gasteiger partial charge in [0.25, 0.3) is 5.91 Å². The lowest BCUT2D eigenvalue weighted by molar-refractivity contribution is 0.0953. The Labute approximate surface area is 173 Å². The Hall–Kier alpha value is -2.60. The summed E-state index contributed by atoms with van der Waals surface area (Å²) in [6, 6.07) is 14.4. The number of nitrogens with zero attached hydrogens (tertiary/aromatic N) is 3. The number of anilines is 2. The lowest BCUT2D eigenvalue weighted by atomic mass is 9.86. The van der Waals surface area contributed by atoms with Gasteiger partial charge in [0.2, 0.25) is 0 Å². The van der Waals surface area contributed by atoms with Gasteiger partial charge in [0.05, 0.1) is 0 Å². The average Bonchev–Trinajstić information content (AvgIpc) is 3.39. The number of carbonyl (C=O) groups is 1. The minimum Gasteiger partial charge on any atom is -0.371 e. The van der Waals surface area contributed by atoms with E-state index in [0.717, 1.165) is 44.8 Å². The highest BCUT2D eigenvalue weighted by atomic mass is 16.1. The maximum Gasteiger partial charge on any atom is 0.251 e. The molecule has 1 atom stereocenters. The molecular formula is C23H31N5O. The fourth-order valence-corrected chi connectivity index (χ4v) is 4.56. The summed E-state index contributed by atoms with van der Waals surface area (Å²) in [6.45, 7) is 5.52. The summed E-state index contributed by atoms with van der Waals surface area (Å²) in [5, 5.41) is 2.98. The zero-order valence-electron chi connectivity index (χ0n) is 17.0. The van der Waals surface area contributed by atoms with Gasteiger partial charge >= 0.3 is 0 Å². The molecule has 3 heterocycles. The van der Waals surface area contributed by atoms with Gasteiger partial charge in [-0.15, -0.1) is 0 Å². The van der Waals surface area contributed by atoms with Gasteiger partial charge in [-0.05, 0) is 56.5 Å². The highest BCUT2D eigenvalue weighted by Crippen LogP contribution is 2.42. The van der Waals surface area contributed by atoms with Gasteiger partial charge in [0.1, 0.15) is 5.82 Å². The summed E-state index contributed by atoms with van der Waals surface area (Å²) in [5.41, 5.74) is 7.82. The van der Waals surface area contributed by atoms with Crippen LogP contribution < -0.4 is 20.9 Å². The monoisotopic (exact) mass is 393 g/mol. The molecule has 2 fully saturated rings. The molecule has 0 bridgehead atoms. The van der Waals surface area contributed by atoms with Crippen LogP contribution in [-0.4, -0.2) is 50.2 Å². The molecule has 2 aliphatic heterocycles. The van der Waals surface area contributed by atoms with Crippen molar-refractivity contribution < 1.29 is 4.79 Å². The number of para-hydroxylation sites is 1. The molecule has 154 valence electrons. The summed E-state index contributed by atoms with van der Waals surface area (Å²) in [4.78, 5) is 21.8. The molecule has 6 nitrogen and oxygen atoms in total. The normalized spacial score (nSPS) is 21.1. The van der Waals surface area contributed by atoms with Crippen molar-refractivity contribution in [2.75, 3.05) is 49.1 Å². The van der Waals surface area contributed by atoms with E-state index in [1.54, 1.807) is 12.3 Å². The van der Waals surface area contributed by atoms with Crippen LogP contribution in [-0.2, 0) is 0 Å². The maximum atomic E-state index is 12.4. The first kappa shape index (κ1) is 19.7. The number of nitrogens with one attached hydrogen (secondary N) is 1. The molecule has 2 aliphatic rings. The van der Waals surface area contributed by atoms with E-state index in [4.69, 9.17) is 5.73 Å². The zero-order valence-corrected chi connectivity index (χ0v) is 17.0. The number of carbonyl (C=O) groups excluding carboxylic acids is 1. The van der Waals surface area contributed by atoms with E-state index in [1.165, 1.54) is 18.5 Å². The van der Waals surface area contributed by atoms with E-state index in [0.29, 0.717) is 24.1 Å². The molecular weight excluding hydrogens is 362 g/mol. The molecule has 6 heteroatoms. The Morgan fingerprint density at radius 3 is 2.62 bits per heavy atom. The lowest BCUT2D eigenvalue weighted by Crippen LogP contribution is -2.31. The molecule has 2 aromatic rings. The van der Waals surface area contributed by atoms with E-state index in [1.807, 2.05) is 6.07 Å². The fraction of sp³-hybridized carbons (Fsp3) is 0.478. The smallest absolute Gasteiger partial charge is 0.251 e. The summed E-state index contributed by atoms with van der Waals surface area (Å²) in [6.07, 6.45) is 5.97. The number of nitrogens with two attached hydrogens (primary N) is 1. The third-order valence-corrected chi connectivity index (χ3v) is 6.25. The first-order valence-corrected chi connectivity index (χ1v) is 10.7. The third kappa shape index (κ3) is 4.53. The highest BCUT2D eigenvalue weighted by Gasteiger charge is 2.43. The van der Waals surface area contributed by atoms with Crippen molar-refractivity contribution in [3.8, 4) is 0 Å². The van der Waals surface area contributed by atoms with Gasteiger partial charge in [-0.2, -0.15) is 0 Å². The van der Waals surface area contributed by atoms with E-state index in [2.05, 4.69) is 50.4 Å². The van der Waals surface area contributed by atoms with Crippen LogP contribution in [0.15, 0.2) is 48.7 Å². The molecule has 3 N–H and O–H groups in total. The van der Waals surface area contributed by atoms with Gasteiger partial charge in [-0.1, -0.05) is 18.2 Å². The van der Waals surface area contributed by atoms with Crippen molar-refractivity contribution in [1.82, 2.24) is 10.3 Å². The van der Waals surface area contributed by atoms with Crippen LogP contribution in [0.5, 0.6) is 0 Å². The van der Waals surface area contributed by atoms with Crippen LogP contribution in [0.2, 0.25) is 0 Å². The molecule has 0 aliphatic carbocycles. The molecule has 1 aromatic carbocycles. The number of hydrogen-bond donors (Lipinski definition) is 2. The molecule has 1 unspecified atom stereocenters. The van der Waals surface area contributed by atoms with Crippen LogP contribution >= 0.6 is 0 Å². The van der Waals surface area contributed by atoms with Crippen molar-refractivity contribution in [3.63, 3.8) is 0 Å². The van der Waals surface area contributed by atoms with Gasteiger partial charge in [-0.3, -0.25) is 4.79 Å². The Morgan fingerprint density at radius 2 is 1.83 bits per heavy atom. The molecule has 1 amide bonds. The van der Waals surface area contributed by atoms with E-state index >= 15 is 0 Å². The van der Waals surface area contributed by atoms with Crippen molar-refractivity contribution in [3.05, 3.63) is 54.2 Å². The number of hydrogen-bond acceptors (Lipinski definition) is 5. The van der Waals surface area contributed by atoms with E-state index in [9.17, 15) is 4.79 Å². The van der Waals surface area contributed by atoms with Crippen LogP contribution in [0, 0.1) is 5.41 Å². The Morgan fingerprint density at radius 1 is 1.07 bits per heavy atom. The SMILES string of the molecule is NCCCCNC(=O)c1ccnc(N2CCC3(CCN(c4ccccc4)C3)C2)c1. The largest absolute Gasteiger partial charge is 0.371 e. The molecule has 0 radical (unpaired) electrons. The minimum atomic E-state index is -0.0318. The maximum absolute atomic E-state index is 12.4. The summed E-state index contributed by atoms with van der Waals surface area (Å²) >= 11 is 0. The van der Waals surface area contributed by atoms with Crippen molar-refractivity contribution in [1.29, 1.82) is 0 Å². The van der Waals surface area contributed by atoms with Gasteiger partial charge in [0, 0.05) is 55.6 Å². The molecule has 29 heavy (non-hydrogen) atoms. The summed E-state index contributed by atoms with van der Waals surface area (Å²) < 4.78 is 0. The van der Waals surface area contributed by atoms with Gasteiger partial charge in [0.15, 0.2) is 0 Å². The second kappa shape index (κ2) is 8.82. The number of unbranched alkanes of at least 4 members (excludes halogenated alkanes) is 1. The first-order valence-electron chi connectivity index (χ1n) is 10.7. The Balaban J connectivity index is 1.37. The van der Waals surface area contributed by atoms with Crippen molar-refractivity contribution >= 4 is 17.4 Å². The van der Waals surface area contributed by atoms with Crippen LogP contribution in [0.25, 0.3) is 0 Å². The molecule has 2 saturated heterocycles. The number of aromatic nitrogens is 1. The lowest BCUT2D eigenvalue weighted by Gasteiger charge is -2.26. The highest BCUT2D eigenvalue weighted by molar-refractivity contribution is 5.94. The standard InChI is InChI=1S/C23H31N5O/c24-11-4-5-12-26-22(29)19-8-13-25-21(16-19)28-15-10-23(18-28)9-14-27(17-23)20-6-2-1-3-7-20/h1-3,6-8,13,16H,4-5,9-12,14-15,17-18,24H2,(H,26,29). The third-order valence-electron chi connectivity index (χ3n) is 6.25. The predicted molar refractivity (Wildman–Crippen MR) is 117 cm³/mol. The van der Waals surface area contributed by atoms with E-state index < -0.39 is 0 Å². The number of benzene rings is 1. The molecule has 4 rings (SSSR count). The Bertz CT molecular complexity index is 827. The fourth-order valence-electron chi connectivity index (χ4n) is 4.56. The zero-order chi connectivity index (χ0) is 20.1.